The standard InChI is InChI=1S/C10H12O4/c1-5-6-3-8(11)10(2,13)4-7(6)14-9(5)12/h6-7,13H,1,3-4H2,2H3/t6-,7-,10+/m1/s1. The molecular weight excluding hydrogens is 184 g/mol. The molecule has 0 radical (unpaired) electrons. The highest BCUT2D eigenvalue weighted by Crippen LogP contribution is 2.39. The molecule has 4 nitrogen and oxygen atoms in total. The predicted molar refractivity (Wildman–Crippen MR) is 47.4 cm³/mol. The molecule has 2 aliphatic rings. The molecule has 0 amide bonds. The Hall–Kier alpha value is -1.16. The first-order valence-electron chi connectivity index (χ1n) is 4.57. The van der Waals surface area contributed by atoms with Crippen molar-refractivity contribution in [2.75, 3.05) is 0 Å². The number of ether oxygens (including phenoxy) is 1. The van der Waals surface area contributed by atoms with Gasteiger partial charge in [-0.15, -0.1) is 0 Å². The summed E-state index contributed by atoms with van der Waals surface area (Å²) in [5, 5.41) is 9.69. The van der Waals surface area contributed by atoms with Crippen molar-refractivity contribution in [1.29, 1.82) is 0 Å². The van der Waals surface area contributed by atoms with E-state index in [1.807, 2.05) is 0 Å². The Labute approximate surface area is 81.6 Å². The number of carbonyl (C=O) groups excluding carboxylic acids is 2. The zero-order chi connectivity index (χ0) is 10.5. The SMILES string of the molecule is C=C1C(=O)O[C@@H]2C[C@](C)(O)C(=O)C[C@H]12. The maximum absolute atomic E-state index is 11.5. The molecule has 1 heterocycles. The lowest BCUT2D eigenvalue weighted by atomic mass is 9.75. The number of ketones is 1. The van der Waals surface area contributed by atoms with Gasteiger partial charge in [-0.2, -0.15) is 0 Å². The molecule has 76 valence electrons. The van der Waals surface area contributed by atoms with Crippen molar-refractivity contribution in [2.24, 2.45) is 5.92 Å². The fraction of sp³-hybridized carbons (Fsp3) is 0.600. The number of aliphatic hydroxyl groups is 1. The van der Waals surface area contributed by atoms with E-state index < -0.39 is 11.6 Å². The van der Waals surface area contributed by atoms with E-state index in [0.29, 0.717) is 5.57 Å². The summed E-state index contributed by atoms with van der Waals surface area (Å²) in [5.41, 5.74) is -0.995. The van der Waals surface area contributed by atoms with Crippen LogP contribution in [0.1, 0.15) is 19.8 Å². The Morgan fingerprint density at radius 3 is 2.86 bits per heavy atom. The summed E-state index contributed by atoms with van der Waals surface area (Å²) in [6, 6.07) is 0. The lowest BCUT2D eigenvalue weighted by Gasteiger charge is -2.32. The fourth-order valence-electron chi connectivity index (χ4n) is 2.03. The van der Waals surface area contributed by atoms with Gasteiger partial charge in [-0.25, -0.2) is 4.79 Å². The van der Waals surface area contributed by atoms with E-state index in [1.54, 1.807) is 0 Å². The maximum atomic E-state index is 11.5. The van der Waals surface area contributed by atoms with Gasteiger partial charge in [0.1, 0.15) is 11.7 Å². The van der Waals surface area contributed by atoms with Gasteiger partial charge >= 0.3 is 5.97 Å². The minimum atomic E-state index is -1.36. The van der Waals surface area contributed by atoms with E-state index in [1.165, 1.54) is 6.92 Å². The number of Topliss-reactive ketones (excluding diaryl/α,β-unsaturated/α-hetero) is 1. The number of hydrogen-bond acceptors (Lipinski definition) is 4. The Kier molecular flexibility index (Phi) is 1.79. The highest BCUT2D eigenvalue weighted by Gasteiger charge is 2.50. The van der Waals surface area contributed by atoms with Gasteiger partial charge in [-0.3, -0.25) is 4.79 Å². The second-order valence-corrected chi connectivity index (χ2v) is 4.18. The van der Waals surface area contributed by atoms with Crippen molar-refractivity contribution in [2.45, 2.75) is 31.5 Å². The molecule has 3 atom stereocenters. The molecule has 1 N–H and O–H groups in total. The molecule has 1 aliphatic heterocycles. The first-order chi connectivity index (χ1) is 6.42. The predicted octanol–water partition coefficient (Wildman–Crippen LogP) is 0.198. The van der Waals surface area contributed by atoms with Gasteiger partial charge in [0.05, 0.1) is 0 Å². The summed E-state index contributed by atoms with van der Waals surface area (Å²) >= 11 is 0. The Bertz CT molecular complexity index is 329. The molecular formula is C10H12O4. The molecule has 0 aromatic rings. The van der Waals surface area contributed by atoms with Crippen LogP contribution in [0, 0.1) is 5.92 Å². The quantitative estimate of drug-likeness (QED) is 0.444. The first kappa shape index (κ1) is 9.40. The molecule has 1 saturated heterocycles. The Morgan fingerprint density at radius 2 is 2.21 bits per heavy atom. The van der Waals surface area contributed by atoms with Gasteiger partial charge in [-0.05, 0) is 6.92 Å². The van der Waals surface area contributed by atoms with E-state index in [-0.39, 0.29) is 30.6 Å². The van der Waals surface area contributed by atoms with Crippen LogP contribution in [0.25, 0.3) is 0 Å². The molecule has 1 aliphatic carbocycles. The topological polar surface area (TPSA) is 63.6 Å². The molecule has 0 bridgehead atoms. The molecule has 4 heteroatoms. The average Bonchev–Trinajstić information content (AvgIpc) is 2.31. The molecule has 14 heavy (non-hydrogen) atoms. The monoisotopic (exact) mass is 196 g/mol. The van der Waals surface area contributed by atoms with Crippen molar-refractivity contribution >= 4 is 11.8 Å². The summed E-state index contributed by atoms with van der Waals surface area (Å²) in [5.74, 6) is -0.904. The average molecular weight is 196 g/mol. The molecule has 1 saturated carbocycles. The maximum Gasteiger partial charge on any atom is 0.334 e. The highest BCUT2D eigenvalue weighted by molar-refractivity contribution is 5.95. The lowest BCUT2D eigenvalue weighted by Crippen LogP contribution is -2.46. The van der Waals surface area contributed by atoms with Crippen LogP contribution >= 0.6 is 0 Å². The van der Waals surface area contributed by atoms with Gasteiger partial charge in [0.2, 0.25) is 0 Å². The number of hydrogen-bond donors (Lipinski definition) is 1. The summed E-state index contributed by atoms with van der Waals surface area (Å²) in [6.07, 6.45) is -0.0357. The third-order valence-electron chi connectivity index (χ3n) is 3.02. The lowest BCUT2D eigenvalue weighted by molar-refractivity contribution is -0.152. The number of fused-ring (bicyclic) bond motifs is 1. The van der Waals surface area contributed by atoms with Gasteiger partial charge < -0.3 is 9.84 Å². The van der Waals surface area contributed by atoms with Crippen LogP contribution in [0.2, 0.25) is 0 Å². The summed E-state index contributed by atoms with van der Waals surface area (Å²) in [6.45, 7) is 5.05. The largest absolute Gasteiger partial charge is 0.458 e. The van der Waals surface area contributed by atoms with E-state index in [0.717, 1.165) is 0 Å². The third kappa shape index (κ3) is 1.18. The number of esters is 1. The summed E-state index contributed by atoms with van der Waals surface area (Å²) < 4.78 is 5.01. The van der Waals surface area contributed by atoms with E-state index >= 15 is 0 Å². The van der Waals surface area contributed by atoms with Crippen LogP contribution in [0.15, 0.2) is 12.2 Å². The molecule has 0 aromatic carbocycles. The second-order valence-electron chi connectivity index (χ2n) is 4.18. The Morgan fingerprint density at radius 1 is 1.57 bits per heavy atom. The van der Waals surface area contributed by atoms with Crippen LogP contribution in [0.3, 0.4) is 0 Å². The first-order valence-corrected chi connectivity index (χ1v) is 4.57. The smallest absolute Gasteiger partial charge is 0.334 e. The molecule has 0 unspecified atom stereocenters. The molecule has 2 rings (SSSR count). The van der Waals surface area contributed by atoms with Crippen LogP contribution in [-0.4, -0.2) is 28.6 Å². The highest BCUT2D eigenvalue weighted by atomic mass is 16.6. The van der Waals surface area contributed by atoms with Gasteiger partial charge in [-0.1, -0.05) is 6.58 Å². The normalized spacial score (nSPS) is 42.3. The van der Waals surface area contributed by atoms with Crippen LogP contribution in [0.5, 0.6) is 0 Å². The van der Waals surface area contributed by atoms with Gasteiger partial charge in [0.25, 0.3) is 0 Å². The zero-order valence-electron chi connectivity index (χ0n) is 7.95. The van der Waals surface area contributed by atoms with Crippen LogP contribution < -0.4 is 0 Å². The van der Waals surface area contributed by atoms with Gasteiger partial charge in [0, 0.05) is 24.3 Å². The van der Waals surface area contributed by atoms with Crippen molar-refractivity contribution in [3.8, 4) is 0 Å². The van der Waals surface area contributed by atoms with E-state index in [4.69, 9.17) is 4.74 Å². The minimum absolute atomic E-state index is 0.155. The van der Waals surface area contributed by atoms with Crippen molar-refractivity contribution < 1.29 is 19.4 Å². The summed E-state index contributed by atoms with van der Waals surface area (Å²) in [7, 11) is 0. The second kappa shape index (κ2) is 2.67. The molecule has 2 fully saturated rings. The Balaban J connectivity index is 2.26. The zero-order valence-corrected chi connectivity index (χ0v) is 7.95. The molecule has 0 aromatic heterocycles. The number of carbonyl (C=O) groups is 2. The molecule has 0 spiro atoms. The van der Waals surface area contributed by atoms with E-state index in [9.17, 15) is 14.7 Å². The third-order valence-corrected chi connectivity index (χ3v) is 3.02. The fourth-order valence-corrected chi connectivity index (χ4v) is 2.03. The van der Waals surface area contributed by atoms with Crippen LogP contribution in [-0.2, 0) is 14.3 Å². The number of rotatable bonds is 0. The van der Waals surface area contributed by atoms with Crippen LogP contribution in [0.4, 0.5) is 0 Å². The van der Waals surface area contributed by atoms with Crippen molar-refractivity contribution in [3.05, 3.63) is 12.2 Å². The minimum Gasteiger partial charge on any atom is -0.458 e. The van der Waals surface area contributed by atoms with Gasteiger partial charge in [0.15, 0.2) is 5.78 Å². The van der Waals surface area contributed by atoms with E-state index in [2.05, 4.69) is 6.58 Å². The summed E-state index contributed by atoms with van der Waals surface area (Å²) in [4.78, 5) is 22.6. The van der Waals surface area contributed by atoms with Crippen molar-refractivity contribution in [1.82, 2.24) is 0 Å². The van der Waals surface area contributed by atoms with Crippen molar-refractivity contribution in [3.63, 3.8) is 0 Å².